The number of halogens is 1. The summed E-state index contributed by atoms with van der Waals surface area (Å²) in [7, 11) is 0. The zero-order chi connectivity index (χ0) is 14.8. The van der Waals surface area contributed by atoms with Crippen LogP contribution in [0, 0.1) is 0 Å². The number of nitrogens with two attached hydrogens (primary N) is 1. The summed E-state index contributed by atoms with van der Waals surface area (Å²) in [5, 5.41) is 4.10. The molecule has 1 aromatic rings. The summed E-state index contributed by atoms with van der Waals surface area (Å²) < 4.78 is 6.76. The third kappa shape index (κ3) is 6.86. The number of hydrazone groups is 1. The second kappa shape index (κ2) is 9.72. The van der Waals surface area contributed by atoms with Crippen molar-refractivity contribution in [2.45, 2.75) is 32.6 Å². The van der Waals surface area contributed by atoms with E-state index in [4.69, 9.17) is 22.7 Å². The van der Waals surface area contributed by atoms with Gasteiger partial charge >= 0.3 is 0 Å². The molecule has 0 amide bonds. The van der Waals surface area contributed by atoms with Crippen molar-refractivity contribution in [1.82, 2.24) is 5.43 Å². The van der Waals surface area contributed by atoms with Gasteiger partial charge < -0.3 is 10.5 Å². The van der Waals surface area contributed by atoms with Gasteiger partial charge in [0.1, 0.15) is 5.75 Å². The molecule has 0 atom stereocenters. The lowest BCUT2D eigenvalue weighted by Gasteiger charge is -2.09. The molecule has 0 radical (unpaired) electrons. The van der Waals surface area contributed by atoms with Gasteiger partial charge in [-0.05, 0) is 36.8 Å². The molecular weight excluding hydrogens is 338 g/mol. The second-order valence-corrected chi connectivity index (χ2v) is 5.68. The number of benzene rings is 1. The first-order valence-electron chi connectivity index (χ1n) is 6.64. The summed E-state index contributed by atoms with van der Waals surface area (Å²) in [5.74, 6) is 0.804. The minimum atomic E-state index is 0.137. The topological polar surface area (TPSA) is 59.6 Å². The Bertz CT molecular complexity index is 466. The monoisotopic (exact) mass is 357 g/mol. The zero-order valence-corrected chi connectivity index (χ0v) is 14.0. The number of nitrogens with zero attached hydrogens (tertiary/aromatic N) is 1. The molecule has 0 aliphatic rings. The predicted molar refractivity (Wildman–Crippen MR) is 91.3 cm³/mol. The zero-order valence-electron chi connectivity index (χ0n) is 11.6. The van der Waals surface area contributed by atoms with Crippen LogP contribution in [0.5, 0.6) is 5.75 Å². The maximum absolute atomic E-state index is 5.79. The summed E-state index contributed by atoms with van der Waals surface area (Å²) in [5.41, 5.74) is 8.72. The highest BCUT2D eigenvalue weighted by Crippen LogP contribution is 2.22. The Morgan fingerprint density at radius 2 is 2.25 bits per heavy atom. The van der Waals surface area contributed by atoms with E-state index < -0.39 is 0 Å². The van der Waals surface area contributed by atoms with Crippen molar-refractivity contribution in [3.63, 3.8) is 0 Å². The van der Waals surface area contributed by atoms with Crippen LogP contribution >= 0.6 is 28.1 Å². The molecule has 0 saturated carbocycles. The third-order valence-electron chi connectivity index (χ3n) is 2.61. The van der Waals surface area contributed by atoms with Crippen LogP contribution in [0.2, 0.25) is 0 Å². The lowest BCUT2D eigenvalue weighted by atomic mass is 10.2. The molecule has 0 heterocycles. The highest BCUT2D eigenvalue weighted by Gasteiger charge is 2.02. The predicted octanol–water partition coefficient (Wildman–Crippen LogP) is 3.58. The molecule has 1 rings (SSSR count). The van der Waals surface area contributed by atoms with E-state index in [2.05, 4.69) is 33.4 Å². The van der Waals surface area contributed by atoms with E-state index in [0.717, 1.165) is 22.2 Å². The summed E-state index contributed by atoms with van der Waals surface area (Å²) in [6.07, 6.45) is 6.37. The van der Waals surface area contributed by atoms with Gasteiger partial charge in [0.2, 0.25) is 0 Å². The molecule has 6 heteroatoms. The van der Waals surface area contributed by atoms with Crippen molar-refractivity contribution in [3.05, 3.63) is 28.2 Å². The first kappa shape index (κ1) is 16.9. The van der Waals surface area contributed by atoms with Gasteiger partial charge in [0.25, 0.3) is 0 Å². The van der Waals surface area contributed by atoms with Crippen molar-refractivity contribution in [1.29, 1.82) is 0 Å². The maximum Gasteiger partial charge on any atom is 0.184 e. The van der Waals surface area contributed by atoms with Crippen LogP contribution in [-0.4, -0.2) is 17.9 Å². The number of ether oxygens (including phenoxy) is 1. The molecule has 0 spiro atoms. The third-order valence-corrected chi connectivity index (χ3v) is 3.19. The number of hydrogen-bond acceptors (Lipinski definition) is 3. The van der Waals surface area contributed by atoms with Gasteiger partial charge in [0, 0.05) is 10.0 Å². The molecule has 0 aliphatic heterocycles. The number of hydrogen-bond donors (Lipinski definition) is 2. The lowest BCUT2D eigenvalue weighted by molar-refractivity contribution is 0.304. The summed E-state index contributed by atoms with van der Waals surface area (Å²) in [4.78, 5) is 0. The highest BCUT2D eigenvalue weighted by atomic mass is 79.9. The molecule has 4 nitrogen and oxygen atoms in total. The largest absolute Gasteiger partial charge is 0.493 e. The van der Waals surface area contributed by atoms with Gasteiger partial charge in [-0.15, -0.1) is 0 Å². The summed E-state index contributed by atoms with van der Waals surface area (Å²) in [6.45, 7) is 2.91. The van der Waals surface area contributed by atoms with Gasteiger partial charge in [-0.1, -0.05) is 42.1 Å². The van der Waals surface area contributed by atoms with Gasteiger partial charge in [-0.25, -0.2) is 0 Å². The van der Waals surface area contributed by atoms with Crippen molar-refractivity contribution >= 4 is 39.5 Å². The molecular formula is C14H20BrN3OS. The van der Waals surface area contributed by atoms with E-state index in [9.17, 15) is 0 Å². The average molecular weight is 358 g/mol. The summed E-state index contributed by atoms with van der Waals surface area (Å²) in [6, 6.07) is 5.80. The quantitative estimate of drug-likeness (QED) is 0.323. The van der Waals surface area contributed by atoms with E-state index in [0.29, 0.717) is 6.61 Å². The van der Waals surface area contributed by atoms with Crippen molar-refractivity contribution in [2.24, 2.45) is 10.8 Å². The number of nitrogens with one attached hydrogen (secondary N) is 1. The Kier molecular flexibility index (Phi) is 8.22. The fourth-order valence-electron chi connectivity index (χ4n) is 1.63. The standard InChI is InChI=1S/C14H20BrN3OS/c1-2-3-4-5-8-19-13-7-6-12(15)9-11(13)10-17-18-14(16)20/h6-7,9-10H,2-5,8H2,1H3,(H3,16,18,20). The Morgan fingerprint density at radius 3 is 2.95 bits per heavy atom. The fourth-order valence-corrected chi connectivity index (χ4v) is 2.06. The van der Waals surface area contributed by atoms with Crippen LogP contribution in [0.1, 0.15) is 38.2 Å². The van der Waals surface area contributed by atoms with Gasteiger partial charge in [0.15, 0.2) is 5.11 Å². The van der Waals surface area contributed by atoms with Gasteiger partial charge in [-0.2, -0.15) is 5.10 Å². The number of rotatable bonds is 8. The maximum atomic E-state index is 5.79. The van der Waals surface area contributed by atoms with E-state index >= 15 is 0 Å². The molecule has 0 unspecified atom stereocenters. The van der Waals surface area contributed by atoms with E-state index in [1.54, 1.807) is 6.21 Å². The number of unbranched alkanes of at least 4 members (excludes halogenated alkanes) is 3. The van der Waals surface area contributed by atoms with Crippen LogP contribution in [0.4, 0.5) is 0 Å². The average Bonchev–Trinajstić information content (AvgIpc) is 2.40. The summed E-state index contributed by atoms with van der Waals surface area (Å²) >= 11 is 8.12. The van der Waals surface area contributed by atoms with Crippen LogP contribution in [0.25, 0.3) is 0 Å². The van der Waals surface area contributed by atoms with Crippen molar-refractivity contribution in [2.75, 3.05) is 6.61 Å². The molecule has 0 bridgehead atoms. The Balaban J connectivity index is 2.60. The molecule has 20 heavy (non-hydrogen) atoms. The lowest BCUT2D eigenvalue weighted by Crippen LogP contribution is -2.24. The second-order valence-electron chi connectivity index (χ2n) is 4.33. The molecule has 0 aromatic heterocycles. The first-order chi connectivity index (χ1) is 9.63. The first-order valence-corrected chi connectivity index (χ1v) is 7.84. The Hall–Kier alpha value is -1.14. The molecule has 0 saturated heterocycles. The van der Waals surface area contributed by atoms with E-state index in [1.165, 1.54) is 19.3 Å². The molecule has 1 aromatic carbocycles. The fraction of sp³-hybridized carbons (Fsp3) is 0.429. The molecule has 3 N–H and O–H groups in total. The normalized spacial score (nSPS) is 10.7. The van der Waals surface area contributed by atoms with Crippen LogP contribution in [-0.2, 0) is 0 Å². The van der Waals surface area contributed by atoms with Crippen LogP contribution in [0.3, 0.4) is 0 Å². The molecule has 0 fully saturated rings. The van der Waals surface area contributed by atoms with E-state index in [1.807, 2.05) is 18.2 Å². The Morgan fingerprint density at radius 1 is 1.45 bits per heavy atom. The van der Waals surface area contributed by atoms with Crippen molar-refractivity contribution < 1.29 is 4.74 Å². The van der Waals surface area contributed by atoms with E-state index in [-0.39, 0.29) is 5.11 Å². The smallest absolute Gasteiger partial charge is 0.184 e. The molecule has 0 aliphatic carbocycles. The van der Waals surface area contributed by atoms with Gasteiger partial charge in [-0.3, -0.25) is 5.43 Å². The Labute approximate surface area is 133 Å². The van der Waals surface area contributed by atoms with Gasteiger partial charge in [0.05, 0.1) is 12.8 Å². The number of thiocarbonyl (C=S) groups is 1. The minimum Gasteiger partial charge on any atom is -0.493 e. The van der Waals surface area contributed by atoms with Crippen molar-refractivity contribution in [3.8, 4) is 5.75 Å². The van der Waals surface area contributed by atoms with Crippen LogP contribution in [0.15, 0.2) is 27.8 Å². The minimum absolute atomic E-state index is 0.137. The molecule has 110 valence electrons. The SMILES string of the molecule is CCCCCCOc1ccc(Br)cc1C=NNC(N)=S. The van der Waals surface area contributed by atoms with Crippen LogP contribution < -0.4 is 15.9 Å². The highest BCUT2D eigenvalue weighted by molar-refractivity contribution is 9.10.